The number of benzene rings is 2. The van der Waals surface area contributed by atoms with Gasteiger partial charge in [-0.1, -0.05) is 36.4 Å². The van der Waals surface area contributed by atoms with Gasteiger partial charge in [0.1, 0.15) is 11.5 Å². The van der Waals surface area contributed by atoms with Crippen molar-refractivity contribution >= 4 is 16.6 Å². The smallest absolute Gasteiger partial charge is 0.132 e. The minimum Gasteiger partial charge on any atom is -0.383 e. The van der Waals surface area contributed by atoms with Crippen LogP contribution in [0.1, 0.15) is 20.8 Å². The molecule has 0 saturated carbocycles. The minimum absolute atomic E-state index is 0.0633. The Morgan fingerprint density at radius 3 is 2.35 bits per heavy atom. The first kappa shape index (κ1) is 12.7. The van der Waals surface area contributed by atoms with Crippen molar-refractivity contribution in [2.75, 3.05) is 5.73 Å². The number of hydrogen-bond donors (Lipinski definition) is 1. The number of nitrogens with zero attached hydrogens (tertiary/aromatic N) is 2. The highest BCUT2D eigenvalue weighted by molar-refractivity contribution is 5.88. The Kier molecular flexibility index (Phi) is 2.78. The summed E-state index contributed by atoms with van der Waals surface area (Å²) in [6.45, 7) is 6.36. The summed E-state index contributed by atoms with van der Waals surface area (Å²) in [5.74, 6) is 0.716. The number of nitrogens with two attached hydrogens (primary N) is 1. The van der Waals surface area contributed by atoms with E-state index in [9.17, 15) is 0 Å². The van der Waals surface area contributed by atoms with E-state index in [1.807, 2.05) is 23.0 Å². The maximum absolute atomic E-state index is 6.27. The molecule has 3 heteroatoms. The van der Waals surface area contributed by atoms with Gasteiger partial charge in [0.25, 0.3) is 0 Å². The quantitative estimate of drug-likeness (QED) is 0.721. The van der Waals surface area contributed by atoms with Crippen LogP contribution >= 0.6 is 0 Å². The van der Waals surface area contributed by atoms with Gasteiger partial charge < -0.3 is 10.3 Å². The largest absolute Gasteiger partial charge is 0.383 e. The van der Waals surface area contributed by atoms with Crippen LogP contribution in [-0.4, -0.2) is 9.55 Å². The van der Waals surface area contributed by atoms with E-state index < -0.39 is 0 Å². The van der Waals surface area contributed by atoms with E-state index in [0.29, 0.717) is 5.82 Å². The fraction of sp³-hybridized carbons (Fsp3) is 0.235. The maximum Gasteiger partial charge on any atom is 0.132 e. The summed E-state index contributed by atoms with van der Waals surface area (Å²) in [4.78, 5) is 4.50. The Morgan fingerprint density at radius 1 is 1.00 bits per heavy atom. The third-order valence-electron chi connectivity index (χ3n) is 3.55. The van der Waals surface area contributed by atoms with E-state index in [4.69, 9.17) is 5.73 Å². The van der Waals surface area contributed by atoms with Crippen molar-refractivity contribution in [1.82, 2.24) is 9.55 Å². The molecule has 0 aliphatic heterocycles. The Labute approximate surface area is 119 Å². The summed E-state index contributed by atoms with van der Waals surface area (Å²) in [6, 6.07) is 14.6. The number of nitrogen functional groups attached to an aromatic ring is 1. The van der Waals surface area contributed by atoms with E-state index in [-0.39, 0.29) is 5.54 Å². The molecule has 102 valence electrons. The highest BCUT2D eigenvalue weighted by Crippen LogP contribution is 2.30. The molecule has 3 rings (SSSR count). The lowest BCUT2D eigenvalue weighted by Crippen LogP contribution is -2.22. The van der Waals surface area contributed by atoms with Gasteiger partial charge in [0.2, 0.25) is 0 Å². The third-order valence-corrected chi connectivity index (χ3v) is 3.55. The van der Waals surface area contributed by atoms with Gasteiger partial charge in [-0.25, -0.2) is 4.98 Å². The van der Waals surface area contributed by atoms with Crippen molar-refractivity contribution in [3.8, 4) is 11.3 Å². The summed E-state index contributed by atoms with van der Waals surface area (Å²) in [5, 5.41) is 2.43. The summed E-state index contributed by atoms with van der Waals surface area (Å²) in [7, 11) is 0. The topological polar surface area (TPSA) is 43.8 Å². The summed E-state index contributed by atoms with van der Waals surface area (Å²) < 4.78 is 2.01. The van der Waals surface area contributed by atoms with Crippen LogP contribution in [0, 0.1) is 0 Å². The number of fused-ring (bicyclic) bond motifs is 1. The second-order valence-corrected chi connectivity index (χ2v) is 6.08. The lowest BCUT2D eigenvalue weighted by atomic mass is 10.0. The van der Waals surface area contributed by atoms with Crippen molar-refractivity contribution in [2.24, 2.45) is 0 Å². The lowest BCUT2D eigenvalue weighted by Gasteiger charge is -2.22. The molecule has 0 saturated heterocycles. The molecule has 0 atom stereocenters. The Hall–Kier alpha value is -2.29. The van der Waals surface area contributed by atoms with Crippen LogP contribution in [0.5, 0.6) is 0 Å². The molecule has 1 aromatic heterocycles. The summed E-state index contributed by atoms with van der Waals surface area (Å²) in [5.41, 5.74) is 8.11. The zero-order valence-electron chi connectivity index (χ0n) is 12.1. The standard InChI is InChI=1S/C17H19N3/c1-17(2,3)20-11-19-15(16(20)18)14-9-8-12-6-4-5-7-13(12)10-14/h4-11H,18H2,1-3H3. The van der Waals surface area contributed by atoms with Crippen LogP contribution in [-0.2, 0) is 5.54 Å². The van der Waals surface area contributed by atoms with Crippen LogP contribution in [0.2, 0.25) is 0 Å². The molecule has 3 nitrogen and oxygen atoms in total. The van der Waals surface area contributed by atoms with Crippen molar-refractivity contribution in [3.63, 3.8) is 0 Å². The predicted molar refractivity (Wildman–Crippen MR) is 84.6 cm³/mol. The van der Waals surface area contributed by atoms with Crippen molar-refractivity contribution in [2.45, 2.75) is 26.3 Å². The van der Waals surface area contributed by atoms with Gasteiger partial charge in [-0.15, -0.1) is 0 Å². The Bertz CT molecular complexity index is 763. The van der Waals surface area contributed by atoms with E-state index in [2.05, 4.69) is 56.1 Å². The van der Waals surface area contributed by atoms with Gasteiger partial charge in [-0.3, -0.25) is 0 Å². The van der Waals surface area contributed by atoms with E-state index in [1.54, 1.807) is 0 Å². The molecule has 0 amide bonds. The zero-order chi connectivity index (χ0) is 14.3. The van der Waals surface area contributed by atoms with Gasteiger partial charge >= 0.3 is 0 Å². The number of anilines is 1. The SMILES string of the molecule is CC(C)(C)n1cnc(-c2ccc3ccccc3c2)c1N. The number of hydrogen-bond acceptors (Lipinski definition) is 2. The van der Waals surface area contributed by atoms with Gasteiger partial charge in [0, 0.05) is 11.1 Å². The molecule has 0 unspecified atom stereocenters. The molecule has 0 aliphatic carbocycles. The first-order chi connectivity index (χ1) is 9.47. The lowest BCUT2D eigenvalue weighted by molar-refractivity contribution is 0.402. The Morgan fingerprint density at radius 2 is 1.70 bits per heavy atom. The predicted octanol–water partition coefficient (Wildman–Crippen LogP) is 4.04. The van der Waals surface area contributed by atoms with Crippen molar-refractivity contribution in [3.05, 3.63) is 48.8 Å². The average molecular weight is 265 g/mol. The number of rotatable bonds is 1. The van der Waals surface area contributed by atoms with Crippen LogP contribution in [0.3, 0.4) is 0 Å². The van der Waals surface area contributed by atoms with Crippen LogP contribution in [0.15, 0.2) is 48.8 Å². The number of aromatic nitrogens is 2. The molecule has 3 aromatic rings. The van der Waals surface area contributed by atoms with Gasteiger partial charge in [0.15, 0.2) is 0 Å². The zero-order valence-corrected chi connectivity index (χ0v) is 12.1. The monoisotopic (exact) mass is 265 g/mol. The molecule has 1 heterocycles. The van der Waals surface area contributed by atoms with Gasteiger partial charge in [-0.2, -0.15) is 0 Å². The van der Waals surface area contributed by atoms with Gasteiger partial charge in [0.05, 0.1) is 6.33 Å². The molecule has 0 bridgehead atoms. The molecule has 0 aliphatic rings. The highest BCUT2D eigenvalue weighted by atomic mass is 15.2. The van der Waals surface area contributed by atoms with E-state index >= 15 is 0 Å². The molecular weight excluding hydrogens is 246 g/mol. The molecule has 0 fully saturated rings. The summed E-state index contributed by atoms with van der Waals surface area (Å²) >= 11 is 0. The van der Waals surface area contributed by atoms with Crippen LogP contribution < -0.4 is 5.73 Å². The Balaban J connectivity index is 2.14. The second kappa shape index (κ2) is 4.37. The van der Waals surface area contributed by atoms with Crippen LogP contribution in [0.25, 0.3) is 22.0 Å². The van der Waals surface area contributed by atoms with E-state index in [0.717, 1.165) is 11.3 Å². The third kappa shape index (κ3) is 2.05. The first-order valence-electron chi connectivity index (χ1n) is 6.79. The second-order valence-electron chi connectivity index (χ2n) is 6.08. The van der Waals surface area contributed by atoms with Crippen molar-refractivity contribution in [1.29, 1.82) is 0 Å². The van der Waals surface area contributed by atoms with Gasteiger partial charge in [-0.05, 0) is 37.6 Å². The first-order valence-corrected chi connectivity index (χ1v) is 6.79. The molecule has 2 N–H and O–H groups in total. The average Bonchev–Trinajstić information content (AvgIpc) is 2.80. The molecule has 20 heavy (non-hydrogen) atoms. The van der Waals surface area contributed by atoms with Crippen LogP contribution in [0.4, 0.5) is 5.82 Å². The fourth-order valence-electron chi connectivity index (χ4n) is 2.45. The molecule has 2 aromatic carbocycles. The maximum atomic E-state index is 6.27. The summed E-state index contributed by atoms with van der Waals surface area (Å²) in [6.07, 6.45) is 1.82. The van der Waals surface area contributed by atoms with Crippen molar-refractivity contribution < 1.29 is 0 Å². The fourth-order valence-corrected chi connectivity index (χ4v) is 2.45. The normalized spacial score (nSPS) is 11.9. The minimum atomic E-state index is -0.0633. The van der Waals surface area contributed by atoms with E-state index in [1.165, 1.54) is 10.8 Å². The molecule has 0 radical (unpaired) electrons. The highest BCUT2D eigenvalue weighted by Gasteiger charge is 2.19. The number of imidazole rings is 1. The molecular formula is C17H19N3. The molecule has 0 spiro atoms.